The molecule has 0 saturated carbocycles. The Hall–Kier alpha value is -0.130. The van der Waals surface area contributed by atoms with Crippen LogP contribution in [0.3, 0.4) is 0 Å². The van der Waals surface area contributed by atoms with Crippen LogP contribution in [-0.4, -0.2) is 54.2 Å². The van der Waals surface area contributed by atoms with Gasteiger partial charge in [-0.3, -0.25) is 4.90 Å². The van der Waals surface area contributed by atoms with Crippen LogP contribution in [0.2, 0.25) is 0 Å². The summed E-state index contributed by atoms with van der Waals surface area (Å²) in [6.07, 6.45) is 0. The molecule has 0 aliphatic rings. The lowest BCUT2D eigenvalue weighted by Crippen LogP contribution is -2.42. The van der Waals surface area contributed by atoms with Crippen LogP contribution in [0.4, 0.5) is 0 Å². The predicted octanol–water partition coefficient (Wildman–Crippen LogP) is 1.29. The normalized spacial score (nSPS) is 14.4. The number of sulfone groups is 1. The van der Waals surface area contributed by atoms with Gasteiger partial charge in [0.05, 0.1) is 16.1 Å². The fourth-order valence-corrected chi connectivity index (χ4v) is 2.56. The molecule has 0 aromatic rings. The third-order valence-corrected chi connectivity index (χ3v) is 5.25. The van der Waals surface area contributed by atoms with Gasteiger partial charge in [-0.05, 0) is 41.2 Å². The predicted molar refractivity (Wildman–Crippen MR) is 72.0 cm³/mol. The van der Waals surface area contributed by atoms with E-state index < -0.39 is 20.2 Å². The largest absolute Gasteiger partial charge is 0.389 e. The van der Waals surface area contributed by atoms with Gasteiger partial charge < -0.3 is 5.11 Å². The Morgan fingerprint density at radius 2 is 1.59 bits per heavy atom. The Labute approximate surface area is 106 Å². The molecule has 0 radical (unpaired) electrons. The average molecular weight is 265 g/mol. The van der Waals surface area contributed by atoms with Crippen LogP contribution in [0.25, 0.3) is 0 Å². The third-order valence-electron chi connectivity index (χ3n) is 2.67. The molecule has 104 valence electrons. The van der Waals surface area contributed by atoms with Crippen molar-refractivity contribution in [3.8, 4) is 0 Å². The molecule has 0 rings (SSSR count). The van der Waals surface area contributed by atoms with Gasteiger partial charge in [0.15, 0.2) is 9.84 Å². The summed E-state index contributed by atoms with van der Waals surface area (Å²) < 4.78 is 23.2. The summed E-state index contributed by atoms with van der Waals surface area (Å²) in [5.74, 6) is 0.139. The van der Waals surface area contributed by atoms with Crippen LogP contribution in [0.15, 0.2) is 0 Å². The standard InChI is InChI=1S/C12H27NO3S/c1-7-13(10-12(5,6)14)8-9-17(15,16)11(2,3)4/h14H,7-10H2,1-6H3. The van der Waals surface area contributed by atoms with Gasteiger partial charge in [0.2, 0.25) is 0 Å². The van der Waals surface area contributed by atoms with E-state index in [1.807, 2.05) is 11.8 Å². The monoisotopic (exact) mass is 265 g/mol. The Morgan fingerprint density at radius 3 is 1.88 bits per heavy atom. The van der Waals surface area contributed by atoms with Crippen molar-refractivity contribution in [3.63, 3.8) is 0 Å². The highest BCUT2D eigenvalue weighted by atomic mass is 32.2. The van der Waals surface area contributed by atoms with Gasteiger partial charge in [0.1, 0.15) is 0 Å². The van der Waals surface area contributed by atoms with E-state index in [9.17, 15) is 13.5 Å². The van der Waals surface area contributed by atoms with Crippen molar-refractivity contribution in [1.82, 2.24) is 4.90 Å². The lowest BCUT2D eigenvalue weighted by molar-refractivity contribution is 0.0398. The molecule has 0 fully saturated rings. The topological polar surface area (TPSA) is 57.6 Å². The molecule has 1 N–H and O–H groups in total. The molecule has 17 heavy (non-hydrogen) atoms. The first-order chi connectivity index (χ1) is 7.39. The molecule has 0 aromatic heterocycles. The summed E-state index contributed by atoms with van der Waals surface area (Å²) in [5, 5.41) is 9.72. The second kappa shape index (κ2) is 5.67. The van der Waals surface area contributed by atoms with E-state index in [0.717, 1.165) is 6.54 Å². The van der Waals surface area contributed by atoms with Gasteiger partial charge in [-0.25, -0.2) is 8.42 Å². The number of likely N-dealkylation sites (N-methyl/N-ethyl adjacent to an activating group) is 1. The number of hydrogen-bond acceptors (Lipinski definition) is 4. The molecule has 0 aromatic carbocycles. The highest BCUT2D eigenvalue weighted by Gasteiger charge is 2.29. The van der Waals surface area contributed by atoms with Crippen LogP contribution >= 0.6 is 0 Å². The SMILES string of the molecule is CCN(CCS(=O)(=O)C(C)(C)C)CC(C)(C)O. The number of nitrogens with zero attached hydrogens (tertiary/aromatic N) is 1. The Morgan fingerprint density at radius 1 is 1.12 bits per heavy atom. The molecule has 0 amide bonds. The summed E-state index contributed by atoms with van der Waals surface area (Å²) in [4.78, 5) is 1.96. The molecule has 4 nitrogen and oxygen atoms in total. The van der Waals surface area contributed by atoms with Gasteiger partial charge >= 0.3 is 0 Å². The minimum atomic E-state index is -3.08. The second-order valence-electron chi connectivity index (χ2n) is 6.11. The van der Waals surface area contributed by atoms with Crippen LogP contribution in [0.5, 0.6) is 0 Å². The van der Waals surface area contributed by atoms with Crippen LogP contribution in [0, 0.1) is 0 Å². The molecule has 0 aliphatic carbocycles. The lowest BCUT2D eigenvalue weighted by atomic mass is 10.1. The molecule has 0 saturated heterocycles. The van der Waals surface area contributed by atoms with E-state index in [4.69, 9.17) is 0 Å². The van der Waals surface area contributed by atoms with Gasteiger partial charge in [-0.1, -0.05) is 6.92 Å². The number of hydrogen-bond donors (Lipinski definition) is 1. The van der Waals surface area contributed by atoms with Crippen molar-refractivity contribution < 1.29 is 13.5 Å². The second-order valence-corrected chi connectivity index (χ2v) is 8.97. The summed E-state index contributed by atoms with van der Waals surface area (Å²) in [6.45, 7) is 12.3. The van der Waals surface area contributed by atoms with Crippen molar-refractivity contribution in [3.05, 3.63) is 0 Å². The van der Waals surface area contributed by atoms with Crippen LogP contribution < -0.4 is 0 Å². The van der Waals surface area contributed by atoms with Crippen molar-refractivity contribution in [2.45, 2.75) is 51.9 Å². The molecular weight excluding hydrogens is 238 g/mol. The van der Waals surface area contributed by atoms with Gasteiger partial charge in [-0.15, -0.1) is 0 Å². The first-order valence-corrected chi connectivity index (χ1v) is 7.71. The van der Waals surface area contributed by atoms with Crippen LogP contribution in [0.1, 0.15) is 41.5 Å². The van der Waals surface area contributed by atoms with Crippen molar-refractivity contribution >= 4 is 9.84 Å². The Kier molecular flexibility index (Phi) is 5.63. The fraction of sp³-hybridized carbons (Fsp3) is 1.00. The smallest absolute Gasteiger partial charge is 0.156 e. The summed E-state index contributed by atoms with van der Waals surface area (Å²) in [5.41, 5.74) is -0.790. The number of aliphatic hydroxyl groups is 1. The summed E-state index contributed by atoms with van der Waals surface area (Å²) in [7, 11) is -3.08. The highest BCUT2D eigenvalue weighted by molar-refractivity contribution is 7.92. The molecule has 0 unspecified atom stereocenters. The summed E-state index contributed by atoms with van der Waals surface area (Å²) >= 11 is 0. The van der Waals surface area contributed by atoms with Gasteiger partial charge in [-0.2, -0.15) is 0 Å². The Bertz CT molecular complexity index is 323. The van der Waals surface area contributed by atoms with E-state index in [1.165, 1.54) is 0 Å². The zero-order valence-electron chi connectivity index (χ0n) is 11.9. The molecule has 0 heterocycles. The zero-order chi connectivity index (χ0) is 13.9. The van der Waals surface area contributed by atoms with Crippen molar-refractivity contribution in [2.24, 2.45) is 0 Å². The van der Waals surface area contributed by atoms with Gasteiger partial charge in [0, 0.05) is 13.1 Å². The minimum absolute atomic E-state index is 0.139. The average Bonchev–Trinajstić information content (AvgIpc) is 2.08. The first kappa shape index (κ1) is 16.9. The maximum absolute atomic E-state index is 11.9. The van der Waals surface area contributed by atoms with Gasteiger partial charge in [0.25, 0.3) is 0 Å². The molecule has 0 atom stereocenters. The first-order valence-electron chi connectivity index (χ1n) is 6.06. The maximum atomic E-state index is 11.9. The lowest BCUT2D eigenvalue weighted by Gasteiger charge is -2.29. The third kappa shape index (κ3) is 6.38. The zero-order valence-corrected chi connectivity index (χ0v) is 12.8. The quantitative estimate of drug-likeness (QED) is 0.786. The minimum Gasteiger partial charge on any atom is -0.389 e. The van der Waals surface area contributed by atoms with E-state index in [-0.39, 0.29) is 5.75 Å². The summed E-state index contributed by atoms with van der Waals surface area (Å²) in [6, 6.07) is 0. The van der Waals surface area contributed by atoms with E-state index >= 15 is 0 Å². The number of rotatable bonds is 6. The van der Waals surface area contributed by atoms with E-state index in [2.05, 4.69) is 0 Å². The maximum Gasteiger partial charge on any atom is 0.156 e. The highest BCUT2D eigenvalue weighted by Crippen LogP contribution is 2.16. The molecule has 5 heteroatoms. The Balaban J connectivity index is 4.45. The van der Waals surface area contributed by atoms with Crippen molar-refractivity contribution in [1.29, 1.82) is 0 Å². The molecule has 0 aliphatic heterocycles. The molecule has 0 bridgehead atoms. The van der Waals surface area contributed by atoms with E-state index in [0.29, 0.717) is 13.1 Å². The molecule has 0 spiro atoms. The fourth-order valence-electron chi connectivity index (χ4n) is 1.45. The van der Waals surface area contributed by atoms with E-state index in [1.54, 1.807) is 34.6 Å². The van der Waals surface area contributed by atoms with Crippen molar-refractivity contribution in [2.75, 3.05) is 25.4 Å². The molecular formula is C12H27NO3S. The van der Waals surface area contributed by atoms with Crippen LogP contribution in [-0.2, 0) is 9.84 Å².